The van der Waals surface area contributed by atoms with Gasteiger partial charge in [0, 0.05) is 6.54 Å². The highest BCUT2D eigenvalue weighted by atomic mass is 14.9. The van der Waals surface area contributed by atoms with Gasteiger partial charge in [0.25, 0.3) is 0 Å². The molecule has 3 heteroatoms. The van der Waals surface area contributed by atoms with Gasteiger partial charge in [-0.1, -0.05) is 0 Å². The highest BCUT2D eigenvalue weighted by Gasteiger charge is 1.77. The van der Waals surface area contributed by atoms with Crippen LogP contribution < -0.4 is 11.1 Å². The zero-order valence-corrected chi connectivity index (χ0v) is 5.44. The first kappa shape index (κ1) is 7.43. The third-order valence-corrected chi connectivity index (χ3v) is 0.723. The topological polar surface area (TPSA) is 50.4 Å². The standard InChI is InChI=1S/C5H13N3/c1-5(6)8-4-3-7-2/h7H,3-4H2,1-2H3,(H2,6,8). The molecule has 0 radical (unpaired) electrons. The summed E-state index contributed by atoms with van der Waals surface area (Å²) in [6, 6.07) is 0. The van der Waals surface area contributed by atoms with Gasteiger partial charge in [0.2, 0.25) is 0 Å². The number of nitrogens with two attached hydrogens (primary N) is 1. The summed E-state index contributed by atoms with van der Waals surface area (Å²) in [5.74, 6) is 0.653. The molecule has 0 rings (SSSR count). The van der Waals surface area contributed by atoms with Crippen LogP contribution in [0.5, 0.6) is 0 Å². The van der Waals surface area contributed by atoms with Crippen LogP contribution in [0.3, 0.4) is 0 Å². The third-order valence-electron chi connectivity index (χ3n) is 0.723. The van der Waals surface area contributed by atoms with Crippen molar-refractivity contribution in [2.45, 2.75) is 6.92 Å². The maximum atomic E-state index is 5.26. The first-order chi connectivity index (χ1) is 3.77. The van der Waals surface area contributed by atoms with Crippen LogP contribution in [-0.4, -0.2) is 26.0 Å². The summed E-state index contributed by atoms with van der Waals surface area (Å²) < 4.78 is 0. The van der Waals surface area contributed by atoms with Gasteiger partial charge in [0.05, 0.1) is 12.4 Å². The predicted molar refractivity (Wildman–Crippen MR) is 36.1 cm³/mol. The van der Waals surface area contributed by atoms with Crippen molar-refractivity contribution in [2.75, 3.05) is 20.1 Å². The fourth-order valence-electron chi connectivity index (χ4n) is 0.344. The Kier molecular flexibility index (Phi) is 4.26. The molecule has 0 heterocycles. The molecule has 8 heavy (non-hydrogen) atoms. The molecule has 0 aromatic heterocycles. The van der Waals surface area contributed by atoms with Gasteiger partial charge in [-0.05, 0) is 14.0 Å². The van der Waals surface area contributed by atoms with Gasteiger partial charge in [-0.15, -0.1) is 0 Å². The highest BCUT2D eigenvalue weighted by molar-refractivity contribution is 5.77. The molecule has 0 atom stereocenters. The van der Waals surface area contributed by atoms with E-state index in [9.17, 15) is 0 Å². The van der Waals surface area contributed by atoms with Crippen molar-refractivity contribution in [1.29, 1.82) is 0 Å². The molecule has 3 nitrogen and oxygen atoms in total. The normalized spacial score (nSPS) is 12.0. The second-order valence-electron chi connectivity index (χ2n) is 1.63. The molecule has 0 aromatic rings. The Morgan fingerprint density at radius 2 is 2.38 bits per heavy atom. The largest absolute Gasteiger partial charge is 0.388 e. The van der Waals surface area contributed by atoms with Crippen LogP contribution in [0.1, 0.15) is 6.92 Å². The molecule has 0 amide bonds. The van der Waals surface area contributed by atoms with E-state index in [4.69, 9.17) is 5.73 Å². The number of nitrogens with zero attached hydrogens (tertiary/aromatic N) is 1. The SMILES string of the molecule is CNCCN=C(C)N. The Morgan fingerprint density at radius 1 is 1.75 bits per heavy atom. The summed E-state index contributed by atoms with van der Waals surface area (Å²) in [6.45, 7) is 3.46. The van der Waals surface area contributed by atoms with E-state index in [0.717, 1.165) is 13.1 Å². The predicted octanol–water partition coefficient (Wildman–Crippen LogP) is -0.417. The van der Waals surface area contributed by atoms with E-state index >= 15 is 0 Å². The van der Waals surface area contributed by atoms with Crippen molar-refractivity contribution in [3.63, 3.8) is 0 Å². The lowest BCUT2D eigenvalue weighted by Crippen LogP contribution is -2.14. The van der Waals surface area contributed by atoms with Crippen molar-refractivity contribution in [2.24, 2.45) is 10.7 Å². The molecule has 0 saturated carbocycles. The molecule has 0 aliphatic heterocycles. The minimum atomic E-state index is 0.653. The molecule has 0 unspecified atom stereocenters. The molecule has 0 fully saturated rings. The van der Waals surface area contributed by atoms with Crippen LogP contribution in [-0.2, 0) is 0 Å². The third kappa shape index (κ3) is 5.43. The Hall–Kier alpha value is -0.570. The highest BCUT2D eigenvalue weighted by Crippen LogP contribution is 1.66. The second-order valence-corrected chi connectivity index (χ2v) is 1.63. The zero-order valence-electron chi connectivity index (χ0n) is 5.44. The minimum Gasteiger partial charge on any atom is -0.388 e. The molecule has 0 aliphatic rings. The average Bonchev–Trinajstić information content (AvgIpc) is 1.66. The van der Waals surface area contributed by atoms with E-state index in [0.29, 0.717) is 5.84 Å². The van der Waals surface area contributed by atoms with E-state index in [2.05, 4.69) is 10.3 Å². The summed E-state index contributed by atoms with van der Waals surface area (Å²) in [6.07, 6.45) is 0. The molecule has 0 spiro atoms. The first-order valence-electron chi connectivity index (χ1n) is 2.68. The number of amidine groups is 1. The molecule has 0 aliphatic carbocycles. The van der Waals surface area contributed by atoms with Gasteiger partial charge < -0.3 is 11.1 Å². The van der Waals surface area contributed by atoms with E-state index in [-0.39, 0.29) is 0 Å². The van der Waals surface area contributed by atoms with E-state index in [1.54, 1.807) is 6.92 Å². The first-order valence-corrected chi connectivity index (χ1v) is 2.68. The van der Waals surface area contributed by atoms with Crippen LogP contribution in [0.25, 0.3) is 0 Å². The Labute approximate surface area is 50.0 Å². The molecule has 0 aromatic carbocycles. The van der Waals surface area contributed by atoms with Gasteiger partial charge in [0.1, 0.15) is 0 Å². The molecular formula is C5H13N3. The van der Waals surface area contributed by atoms with E-state index in [1.807, 2.05) is 7.05 Å². The number of hydrogen-bond acceptors (Lipinski definition) is 2. The fourth-order valence-corrected chi connectivity index (χ4v) is 0.344. The van der Waals surface area contributed by atoms with Crippen molar-refractivity contribution in [3.8, 4) is 0 Å². The number of rotatable bonds is 3. The maximum absolute atomic E-state index is 5.26. The van der Waals surface area contributed by atoms with Crippen molar-refractivity contribution < 1.29 is 0 Å². The van der Waals surface area contributed by atoms with Crippen LogP contribution in [0.2, 0.25) is 0 Å². The van der Waals surface area contributed by atoms with Gasteiger partial charge >= 0.3 is 0 Å². The van der Waals surface area contributed by atoms with Crippen molar-refractivity contribution in [1.82, 2.24) is 5.32 Å². The van der Waals surface area contributed by atoms with E-state index < -0.39 is 0 Å². The number of hydrogen-bond donors (Lipinski definition) is 2. The molecule has 48 valence electrons. The Bertz CT molecular complexity index is 73.7. The lowest BCUT2D eigenvalue weighted by Gasteiger charge is -1.91. The number of likely N-dealkylation sites (N-methyl/N-ethyl adjacent to an activating group) is 1. The summed E-state index contributed by atoms with van der Waals surface area (Å²) in [5, 5.41) is 2.96. The van der Waals surface area contributed by atoms with Crippen LogP contribution >= 0.6 is 0 Å². The minimum absolute atomic E-state index is 0.653. The lowest BCUT2D eigenvalue weighted by atomic mass is 10.6. The molecular weight excluding hydrogens is 102 g/mol. The Balaban J connectivity index is 3.03. The van der Waals surface area contributed by atoms with Gasteiger partial charge in [0.15, 0.2) is 0 Å². The van der Waals surface area contributed by atoms with Gasteiger partial charge in [-0.2, -0.15) is 0 Å². The zero-order chi connectivity index (χ0) is 6.41. The van der Waals surface area contributed by atoms with Crippen molar-refractivity contribution in [3.05, 3.63) is 0 Å². The molecule has 0 bridgehead atoms. The quantitative estimate of drug-likeness (QED) is 0.298. The number of aliphatic imine (C=N–C) groups is 1. The number of nitrogens with one attached hydrogen (secondary N) is 1. The van der Waals surface area contributed by atoms with Gasteiger partial charge in [-0.25, -0.2) is 0 Å². The second kappa shape index (κ2) is 4.59. The van der Waals surface area contributed by atoms with E-state index in [1.165, 1.54) is 0 Å². The summed E-state index contributed by atoms with van der Waals surface area (Å²) in [7, 11) is 1.89. The summed E-state index contributed by atoms with van der Waals surface area (Å²) in [4.78, 5) is 3.95. The Morgan fingerprint density at radius 3 is 2.75 bits per heavy atom. The monoisotopic (exact) mass is 115 g/mol. The smallest absolute Gasteiger partial charge is 0.0906 e. The fraction of sp³-hybridized carbons (Fsp3) is 0.800. The van der Waals surface area contributed by atoms with Crippen LogP contribution in [0.4, 0.5) is 0 Å². The van der Waals surface area contributed by atoms with Gasteiger partial charge in [-0.3, -0.25) is 4.99 Å². The average molecular weight is 115 g/mol. The molecule has 3 N–H and O–H groups in total. The summed E-state index contributed by atoms with van der Waals surface area (Å²) >= 11 is 0. The molecule has 0 saturated heterocycles. The lowest BCUT2D eigenvalue weighted by molar-refractivity contribution is 0.801. The van der Waals surface area contributed by atoms with Crippen molar-refractivity contribution >= 4 is 5.84 Å². The maximum Gasteiger partial charge on any atom is 0.0906 e. The van der Waals surface area contributed by atoms with Crippen LogP contribution in [0, 0.1) is 0 Å². The summed E-state index contributed by atoms with van der Waals surface area (Å²) in [5.41, 5.74) is 5.26. The van der Waals surface area contributed by atoms with Crippen LogP contribution in [0.15, 0.2) is 4.99 Å².